The van der Waals surface area contributed by atoms with E-state index in [9.17, 15) is 9.59 Å². The van der Waals surface area contributed by atoms with E-state index in [-0.39, 0.29) is 17.2 Å². The van der Waals surface area contributed by atoms with Crippen LogP contribution in [0, 0.1) is 0 Å². The first kappa shape index (κ1) is 13.3. The van der Waals surface area contributed by atoms with Gasteiger partial charge >= 0.3 is 5.69 Å². The Bertz CT molecular complexity index is 738. The quantitative estimate of drug-likeness (QED) is 0.586. The van der Waals surface area contributed by atoms with Gasteiger partial charge in [-0.2, -0.15) is 0 Å². The summed E-state index contributed by atoms with van der Waals surface area (Å²) in [6.07, 6.45) is 0.823. The van der Waals surface area contributed by atoms with E-state index in [1.807, 2.05) is 13.8 Å². The van der Waals surface area contributed by atoms with Gasteiger partial charge in [0.1, 0.15) is 0 Å². The molecule has 0 aliphatic heterocycles. The molecule has 1 unspecified atom stereocenters. The molecule has 2 heterocycles. The standard InChI is InChI=1S/C11H18N6O2/c1-5-6(2)17-8-7(13-10(17)14-12)9(18)16(4)11(19)15(8)3/h6H,5,12H2,1-4H3,(H,13,14). The van der Waals surface area contributed by atoms with Gasteiger partial charge in [-0.1, -0.05) is 6.92 Å². The predicted molar refractivity (Wildman–Crippen MR) is 73.0 cm³/mol. The van der Waals surface area contributed by atoms with E-state index in [2.05, 4.69) is 10.4 Å². The molecule has 0 aliphatic rings. The molecule has 0 aliphatic carbocycles. The third-order valence-electron chi connectivity index (χ3n) is 3.45. The highest BCUT2D eigenvalue weighted by Gasteiger charge is 2.20. The van der Waals surface area contributed by atoms with Crippen molar-refractivity contribution in [2.45, 2.75) is 26.3 Å². The van der Waals surface area contributed by atoms with Crippen molar-refractivity contribution < 1.29 is 0 Å². The van der Waals surface area contributed by atoms with Crippen LogP contribution >= 0.6 is 0 Å². The number of rotatable bonds is 3. The SMILES string of the molecule is CCC(C)n1c(NN)nc2c(=O)n(C)c(=O)n(C)c21. The lowest BCUT2D eigenvalue weighted by molar-refractivity contribution is 0.536. The van der Waals surface area contributed by atoms with Crippen LogP contribution in [-0.4, -0.2) is 18.7 Å². The topological polar surface area (TPSA) is 99.9 Å². The summed E-state index contributed by atoms with van der Waals surface area (Å²) in [7, 11) is 3.05. The maximum atomic E-state index is 12.1. The van der Waals surface area contributed by atoms with Crippen molar-refractivity contribution in [1.82, 2.24) is 18.7 Å². The second-order valence-corrected chi connectivity index (χ2v) is 4.58. The van der Waals surface area contributed by atoms with Crippen molar-refractivity contribution in [3.63, 3.8) is 0 Å². The summed E-state index contributed by atoms with van der Waals surface area (Å²) in [4.78, 5) is 28.3. The second-order valence-electron chi connectivity index (χ2n) is 4.58. The van der Waals surface area contributed by atoms with Gasteiger partial charge in [0.05, 0.1) is 0 Å². The maximum absolute atomic E-state index is 12.1. The average molecular weight is 266 g/mol. The monoisotopic (exact) mass is 266 g/mol. The van der Waals surface area contributed by atoms with Gasteiger partial charge in [-0.25, -0.2) is 15.6 Å². The van der Waals surface area contributed by atoms with Gasteiger partial charge in [0.15, 0.2) is 11.2 Å². The number of nitrogen functional groups attached to an aromatic ring is 1. The number of aryl methyl sites for hydroxylation is 1. The Hall–Kier alpha value is -2.09. The fourth-order valence-corrected chi connectivity index (χ4v) is 2.15. The first-order valence-corrected chi connectivity index (χ1v) is 6.08. The van der Waals surface area contributed by atoms with E-state index in [0.717, 1.165) is 11.0 Å². The van der Waals surface area contributed by atoms with Crippen molar-refractivity contribution in [3.8, 4) is 0 Å². The van der Waals surface area contributed by atoms with Gasteiger partial charge in [-0.05, 0) is 13.3 Å². The number of aromatic nitrogens is 4. The number of anilines is 1. The Kier molecular flexibility index (Phi) is 3.19. The molecule has 104 valence electrons. The number of imidazole rings is 1. The lowest BCUT2D eigenvalue weighted by Gasteiger charge is -2.16. The van der Waals surface area contributed by atoms with Gasteiger partial charge < -0.3 is 0 Å². The average Bonchev–Trinajstić information content (AvgIpc) is 2.81. The van der Waals surface area contributed by atoms with E-state index in [4.69, 9.17) is 5.84 Å². The third kappa shape index (κ3) is 1.75. The third-order valence-corrected chi connectivity index (χ3v) is 3.45. The molecular formula is C11H18N6O2. The Balaban J connectivity index is 3.03. The van der Waals surface area contributed by atoms with Crippen LogP contribution in [0.5, 0.6) is 0 Å². The van der Waals surface area contributed by atoms with Crippen LogP contribution in [0.15, 0.2) is 9.59 Å². The van der Waals surface area contributed by atoms with Crippen LogP contribution < -0.4 is 22.5 Å². The molecule has 0 aromatic carbocycles. The van der Waals surface area contributed by atoms with Crippen molar-refractivity contribution >= 4 is 17.1 Å². The molecule has 0 fully saturated rings. The smallest absolute Gasteiger partial charge is 0.294 e. The number of nitrogens with two attached hydrogens (primary N) is 1. The highest BCUT2D eigenvalue weighted by atomic mass is 16.2. The number of hydrogen-bond acceptors (Lipinski definition) is 5. The highest BCUT2D eigenvalue weighted by Crippen LogP contribution is 2.22. The molecule has 8 heteroatoms. The molecule has 0 amide bonds. The number of nitrogens with one attached hydrogen (secondary N) is 1. The summed E-state index contributed by atoms with van der Waals surface area (Å²) in [6.45, 7) is 3.99. The number of hydrazine groups is 1. The van der Waals surface area contributed by atoms with Gasteiger partial charge in [-0.3, -0.25) is 23.9 Å². The summed E-state index contributed by atoms with van der Waals surface area (Å²) in [5.41, 5.74) is 2.39. The van der Waals surface area contributed by atoms with E-state index in [1.54, 1.807) is 11.6 Å². The lowest BCUT2D eigenvalue weighted by atomic mass is 10.2. The largest absolute Gasteiger partial charge is 0.332 e. The molecule has 0 spiro atoms. The van der Waals surface area contributed by atoms with Crippen molar-refractivity contribution in [1.29, 1.82) is 0 Å². The molecule has 3 N–H and O–H groups in total. The Morgan fingerprint density at radius 2 is 1.95 bits per heavy atom. The highest BCUT2D eigenvalue weighted by molar-refractivity contribution is 5.74. The molecular weight excluding hydrogens is 248 g/mol. The van der Waals surface area contributed by atoms with Gasteiger partial charge in [-0.15, -0.1) is 0 Å². The summed E-state index contributed by atoms with van der Waals surface area (Å²) >= 11 is 0. The Morgan fingerprint density at radius 3 is 2.47 bits per heavy atom. The number of nitrogens with zero attached hydrogens (tertiary/aromatic N) is 4. The fourth-order valence-electron chi connectivity index (χ4n) is 2.15. The molecule has 2 aromatic rings. The zero-order valence-electron chi connectivity index (χ0n) is 11.5. The molecule has 1 atom stereocenters. The van der Waals surface area contributed by atoms with Crippen LogP contribution in [0.1, 0.15) is 26.3 Å². The molecule has 0 bridgehead atoms. The zero-order valence-corrected chi connectivity index (χ0v) is 11.5. The Labute approximate surface area is 109 Å². The van der Waals surface area contributed by atoms with Crippen LogP contribution in [0.2, 0.25) is 0 Å². The molecule has 0 radical (unpaired) electrons. The summed E-state index contributed by atoms with van der Waals surface area (Å²) in [6, 6.07) is 0.0637. The van der Waals surface area contributed by atoms with Crippen LogP contribution in [0.4, 0.5) is 5.95 Å². The minimum absolute atomic E-state index is 0.0637. The zero-order chi connectivity index (χ0) is 14.3. The fraction of sp³-hybridized carbons (Fsp3) is 0.545. The van der Waals surface area contributed by atoms with Crippen LogP contribution in [0.25, 0.3) is 11.2 Å². The van der Waals surface area contributed by atoms with Gasteiger partial charge in [0, 0.05) is 20.1 Å². The van der Waals surface area contributed by atoms with Gasteiger partial charge in [0.2, 0.25) is 5.95 Å². The molecule has 2 aromatic heterocycles. The first-order valence-electron chi connectivity index (χ1n) is 6.08. The van der Waals surface area contributed by atoms with Crippen molar-refractivity contribution in [3.05, 3.63) is 20.8 Å². The van der Waals surface area contributed by atoms with E-state index < -0.39 is 5.56 Å². The van der Waals surface area contributed by atoms with Crippen molar-refractivity contribution in [2.75, 3.05) is 5.43 Å². The van der Waals surface area contributed by atoms with Gasteiger partial charge in [0.25, 0.3) is 5.56 Å². The summed E-state index contributed by atoms with van der Waals surface area (Å²) < 4.78 is 4.23. The summed E-state index contributed by atoms with van der Waals surface area (Å²) in [5.74, 6) is 5.83. The molecule has 2 rings (SSSR count). The van der Waals surface area contributed by atoms with Crippen LogP contribution in [-0.2, 0) is 14.1 Å². The molecule has 0 saturated heterocycles. The minimum atomic E-state index is -0.420. The van der Waals surface area contributed by atoms with E-state index >= 15 is 0 Å². The maximum Gasteiger partial charge on any atom is 0.332 e. The predicted octanol–water partition coefficient (Wildman–Crippen LogP) is -0.310. The normalized spacial score (nSPS) is 12.9. The van der Waals surface area contributed by atoms with E-state index in [1.165, 1.54) is 11.6 Å². The number of hydrogen-bond donors (Lipinski definition) is 2. The lowest BCUT2D eigenvalue weighted by Crippen LogP contribution is -2.37. The molecule has 19 heavy (non-hydrogen) atoms. The molecule has 0 saturated carbocycles. The Morgan fingerprint density at radius 1 is 1.32 bits per heavy atom. The van der Waals surface area contributed by atoms with Crippen LogP contribution in [0.3, 0.4) is 0 Å². The number of fused-ring (bicyclic) bond motifs is 1. The van der Waals surface area contributed by atoms with E-state index in [0.29, 0.717) is 11.6 Å². The second kappa shape index (κ2) is 4.54. The summed E-state index contributed by atoms with van der Waals surface area (Å²) in [5, 5.41) is 0. The molecule has 8 nitrogen and oxygen atoms in total. The minimum Gasteiger partial charge on any atom is -0.294 e. The van der Waals surface area contributed by atoms with Crippen molar-refractivity contribution in [2.24, 2.45) is 19.9 Å². The first-order chi connectivity index (χ1) is 8.93.